The van der Waals surface area contributed by atoms with Crippen molar-refractivity contribution in [3.63, 3.8) is 0 Å². The van der Waals surface area contributed by atoms with E-state index in [0.29, 0.717) is 12.0 Å². The van der Waals surface area contributed by atoms with Crippen molar-refractivity contribution < 1.29 is 4.39 Å². The Kier molecular flexibility index (Phi) is 4.33. The van der Waals surface area contributed by atoms with E-state index >= 15 is 0 Å². The average molecular weight is 257 g/mol. The minimum atomic E-state index is -0.399. The summed E-state index contributed by atoms with van der Waals surface area (Å²) in [5.74, 6) is -0.168. The molecule has 1 unspecified atom stereocenters. The maximum Gasteiger partial charge on any atom is 0.126 e. The first-order chi connectivity index (χ1) is 9.13. The first-order valence-corrected chi connectivity index (χ1v) is 6.69. The van der Waals surface area contributed by atoms with E-state index in [4.69, 9.17) is 5.73 Å². The summed E-state index contributed by atoms with van der Waals surface area (Å²) in [5, 5.41) is 0. The quantitative estimate of drug-likeness (QED) is 0.868. The molecule has 0 aliphatic rings. The molecule has 0 aliphatic heterocycles. The van der Waals surface area contributed by atoms with Gasteiger partial charge < -0.3 is 5.73 Å². The largest absolute Gasteiger partial charge is 0.325 e. The van der Waals surface area contributed by atoms with Crippen molar-refractivity contribution in [2.24, 2.45) is 5.73 Å². The molecule has 2 heteroatoms. The third-order valence-corrected chi connectivity index (χ3v) is 3.60. The van der Waals surface area contributed by atoms with E-state index in [0.717, 1.165) is 12.8 Å². The second-order valence-corrected chi connectivity index (χ2v) is 5.15. The molecule has 0 saturated heterocycles. The topological polar surface area (TPSA) is 26.0 Å². The van der Waals surface area contributed by atoms with Crippen LogP contribution in [0.25, 0.3) is 0 Å². The minimum Gasteiger partial charge on any atom is -0.325 e. The van der Waals surface area contributed by atoms with Gasteiger partial charge in [-0.1, -0.05) is 55.5 Å². The molecule has 1 atom stereocenters. The molecule has 19 heavy (non-hydrogen) atoms. The van der Waals surface area contributed by atoms with Crippen LogP contribution in [0.15, 0.2) is 54.6 Å². The summed E-state index contributed by atoms with van der Waals surface area (Å²) in [7, 11) is 0. The third-order valence-electron chi connectivity index (χ3n) is 3.60. The zero-order valence-electron chi connectivity index (χ0n) is 11.3. The van der Waals surface area contributed by atoms with Gasteiger partial charge in [-0.25, -0.2) is 4.39 Å². The Morgan fingerprint density at radius 2 is 1.58 bits per heavy atom. The highest BCUT2D eigenvalue weighted by molar-refractivity contribution is 5.23. The number of hydrogen-bond acceptors (Lipinski definition) is 1. The third kappa shape index (κ3) is 3.65. The molecule has 0 bridgehead atoms. The number of hydrogen-bond donors (Lipinski definition) is 1. The molecule has 2 rings (SSSR count). The van der Waals surface area contributed by atoms with Crippen LogP contribution >= 0.6 is 0 Å². The number of benzene rings is 2. The highest BCUT2D eigenvalue weighted by atomic mass is 19.1. The molecule has 100 valence electrons. The van der Waals surface area contributed by atoms with Gasteiger partial charge in [-0.2, -0.15) is 0 Å². The van der Waals surface area contributed by atoms with E-state index in [2.05, 4.69) is 19.1 Å². The van der Waals surface area contributed by atoms with Crippen LogP contribution in [0.2, 0.25) is 0 Å². The fourth-order valence-corrected chi connectivity index (χ4v) is 2.34. The second-order valence-electron chi connectivity index (χ2n) is 5.15. The van der Waals surface area contributed by atoms with Gasteiger partial charge >= 0.3 is 0 Å². The van der Waals surface area contributed by atoms with Crippen LogP contribution in [0.1, 0.15) is 24.5 Å². The summed E-state index contributed by atoms with van der Waals surface area (Å²) < 4.78 is 13.7. The molecule has 0 spiro atoms. The summed E-state index contributed by atoms with van der Waals surface area (Å²) >= 11 is 0. The maximum atomic E-state index is 13.7. The van der Waals surface area contributed by atoms with Gasteiger partial charge in [0.15, 0.2) is 0 Å². The molecule has 2 aromatic rings. The van der Waals surface area contributed by atoms with Gasteiger partial charge in [-0.15, -0.1) is 0 Å². The first-order valence-electron chi connectivity index (χ1n) is 6.69. The van der Waals surface area contributed by atoms with Gasteiger partial charge in [-0.05, 0) is 36.5 Å². The van der Waals surface area contributed by atoms with Crippen LogP contribution in [-0.4, -0.2) is 5.54 Å². The highest BCUT2D eigenvalue weighted by Crippen LogP contribution is 2.21. The van der Waals surface area contributed by atoms with Gasteiger partial charge in [-0.3, -0.25) is 0 Å². The lowest BCUT2D eigenvalue weighted by molar-refractivity contribution is 0.397. The molecule has 0 fully saturated rings. The SMILES string of the molecule is CCC(N)(Cc1ccccc1)Cc1ccccc1F. The van der Waals surface area contributed by atoms with Crippen molar-refractivity contribution in [3.8, 4) is 0 Å². The van der Waals surface area contributed by atoms with Gasteiger partial charge in [0.05, 0.1) is 0 Å². The first kappa shape index (κ1) is 13.8. The van der Waals surface area contributed by atoms with Crippen LogP contribution in [0, 0.1) is 5.82 Å². The zero-order valence-corrected chi connectivity index (χ0v) is 11.3. The van der Waals surface area contributed by atoms with Crippen molar-refractivity contribution in [2.75, 3.05) is 0 Å². The Labute approximate surface area is 114 Å². The Morgan fingerprint density at radius 3 is 2.21 bits per heavy atom. The fourth-order valence-electron chi connectivity index (χ4n) is 2.34. The predicted molar refractivity (Wildman–Crippen MR) is 77.5 cm³/mol. The maximum absolute atomic E-state index is 13.7. The number of rotatable bonds is 5. The van der Waals surface area contributed by atoms with E-state index < -0.39 is 5.54 Å². The van der Waals surface area contributed by atoms with Crippen LogP contribution in [0.4, 0.5) is 4.39 Å². The van der Waals surface area contributed by atoms with Crippen LogP contribution in [-0.2, 0) is 12.8 Å². The smallest absolute Gasteiger partial charge is 0.126 e. The minimum absolute atomic E-state index is 0.168. The van der Waals surface area contributed by atoms with Gasteiger partial charge in [0.1, 0.15) is 5.82 Å². The highest BCUT2D eigenvalue weighted by Gasteiger charge is 2.24. The summed E-state index contributed by atoms with van der Waals surface area (Å²) in [6.45, 7) is 2.06. The molecular formula is C17H20FN. The molecule has 0 amide bonds. The Balaban J connectivity index is 2.17. The molecule has 0 heterocycles. The standard InChI is InChI=1S/C17H20FN/c1-2-17(19,12-14-8-4-3-5-9-14)13-15-10-6-7-11-16(15)18/h3-11H,2,12-13,19H2,1H3. The van der Waals surface area contributed by atoms with Crippen LogP contribution in [0.3, 0.4) is 0 Å². The molecule has 0 aromatic heterocycles. The Hall–Kier alpha value is -1.67. The molecule has 1 nitrogen and oxygen atoms in total. The average Bonchev–Trinajstić information content (AvgIpc) is 2.42. The number of halogens is 1. The summed E-state index contributed by atoms with van der Waals surface area (Å²) in [4.78, 5) is 0. The lowest BCUT2D eigenvalue weighted by Crippen LogP contribution is -2.43. The lowest BCUT2D eigenvalue weighted by Gasteiger charge is -2.28. The second kappa shape index (κ2) is 5.98. The van der Waals surface area contributed by atoms with Crippen LogP contribution < -0.4 is 5.73 Å². The van der Waals surface area contributed by atoms with Gasteiger partial charge in [0, 0.05) is 5.54 Å². The molecule has 0 saturated carbocycles. The zero-order chi connectivity index (χ0) is 13.7. The number of nitrogens with two attached hydrogens (primary N) is 1. The molecule has 0 radical (unpaired) electrons. The van der Waals surface area contributed by atoms with E-state index in [1.807, 2.05) is 30.3 Å². The summed E-state index contributed by atoms with van der Waals surface area (Å²) in [6.07, 6.45) is 2.14. The predicted octanol–water partition coefficient (Wildman–Crippen LogP) is 3.72. The van der Waals surface area contributed by atoms with Crippen LogP contribution in [0.5, 0.6) is 0 Å². The van der Waals surface area contributed by atoms with E-state index in [1.165, 1.54) is 11.6 Å². The van der Waals surface area contributed by atoms with Crippen molar-refractivity contribution in [1.82, 2.24) is 0 Å². The van der Waals surface area contributed by atoms with Gasteiger partial charge in [0.2, 0.25) is 0 Å². The Bertz CT molecular complexity index is 524. The molecule has 0 aliphatic carbocycles. The van der Waals surface area contributed by atoms with Crippen molar-refractivity contribution in [2.45, 2.75) is 31.7 Å². The normalized spacial score (nSPS) is 14.1. The molecular weight excluding hydrogens is 237 g/mol. The molecule has 2 aromatic carbocycles. The van der Waals surface area contributed by atoms with E-state index in [-0.39, 0.29) is 5.82 Å². The monoisotopic (exact) mass is 257 g/mol. The lowest BCUT2D eigenvalue weighted by atomic mass is 9.83. The Morgan fingerprint density at radius 1 is 0.947 bits per heavy atom. The summed E-state index contributed by atoms with van der Waals surface area (Å²) in [6, 6.07) is 17.0. The fraction of sp³-hybridized carbons (Fsp3) is 0.294. The summed E-state index contributed by atoms with van der Waals surface area (Å²) in [5.41, 5.74) is 7.96. The van der Waals surface area contributed by atoms with E-state index in [1.54, 1.807) is 6.07 Å². The molecule has 2 N–H and O–H groups in total. The van der Waals surface area contributed by atoms with Crippen molar-refractivity contribution >= 4 is 0 Å². The van der Waals surface area contributed by atoms with E-state index in [9.17, 15) is 4.39 Å². The van der Waals surface area contributed by atoms with Crippen molar-refractivity contribution in [1.29, 1.82) is 0 Å². The van der Waals surface area contributed by atoms with Gasteiger partial charge in [0.25, 0.3) is 0 Å². The van der Waals surface area contributed by atoms with Crippen molar-refractivity contribution in [3.05, 3.63) is 71.5 Å².